The molecule has 0 spiro atoms. The van der Waals surface area contributed by atoms with Crippen LogP contribution in [-0.4, -0.2) is 8.41 Å². The van der Waals surface area contributed by atoms with Crippen LogP contribution in [0.2, 0.25) is 0 Å². The Kier molecular flexibility index (Phi) is 2.33. The van der Waals surface area contributed by atoms with E-state index in [1.165, 1.54) is 0 Å². The summed E-state index contributed by atoms with van der Waals surface area (Å²) < 4.78 is 72.9. The van der Waals surface area contributed by atoms with Gasteiger partial charge in [0.25, 0.3) is 0 Å². The Morgan fingerprint density at radius 2 is 1.33 bits per heavy atom. The lowest BCUT2D eigenvalue weighted by atomic mass is 10.1. The van der Waals surface area contributed by atoms with Gasteiger partial charge in [0.1, 0.15) is 0 Å². The fraction of sp³-hybridized carbons (Fsp3) is 0.250. The molecule has 0 saturated carbocycles. The first-order valence-corrected chi connectivity index (χ1v) is 3.54. The molecule has 2 aliphatic carbocycles. The molecule has 0 N–H and O–H groups in total. The first-order chi connectivity index (χ1) is 6.21. The van der Waals surface area contributed by atoms with Crippen LogP contribution >= 0.6 is 0 Å². The van der Waals surface area contributed by atoms with Crippen molar-refractivity contribution in [2.24, 2.45) is 0 Å². The van der Waals surface area contributed by atoms with Crippen LogP contribution in [0.3, 0.4) is 0 Å². The third-order valence-electron chi connectivity index (χ3n) is 1.95. The van der Waals surface area contributed by atoms with Crippen molar-refractivity contribution in [3.63, 3.8) is 0 Å². The number of hydrogen-bond acceptors (Lipinski definition) is 0. The van der Waals surface area contributed by atoms with Crippen LogP contribution in [0.15, 0.2) is 12.1 Å². The summed E-state index contributed by atoms with van der Waals surface area (Å²) in [6.07, 6.45) is -9.88. The number of rotatable bonds is 0. The Morgan fingerprint density at radius 1 is 0.800 bits per heavy atom. The monoisotopic (exact) mass is 223 g/mol. The number of alkyl halides is 6. The molecule has 0 aromatic heterocycles. The molecule has 0 aromatic carbocycles. The van der Waals surface area contributed by atoms with E-state index in [2.05, 4.69) is 0 Å². The highest BCUT2D eigenvalue weighted by Crippen LogP contribution is 2.53. The smallest absolute Gasteiger partial charge is 0.166 e. The molecule has 2 rings (SSSR count). The predicted octanol–water partition coefficient (Wildman–Crippen LogP) is 3.32. The topological polar surface area (TPSA) is 0 Å². The molecule has 7 heteroatoms. The minimum atomic E-state index is -4.94. The van der Waals surface area contributed by atoms with E-state index in [9.17, 15) is 26.3 Å². The maximum absolute atomic E-state index is 12.2. The molecule has 15 heavy (non-hydrogen) atoms. The van der Waals surface area contributed by atoms with Gasteiger partial charge in [-0.3, -0.25) is 0 Å². The molecular formula is C8H2BF6. The van der Waals surface area contributed by atoms with E-state index < -0.39 is 23.5 Å². The van der Waals surface area contributed by atoms with E-state index in [0.717, 1.165) is 6.07 Å². The number of fused-ring (bicyclic) bond motifs is 1. The number of hydrogen-bond donors (Lipinski definition) is 0. The third kappa shape index (κ3) is 1.82. The molecule has 0 amide bonds. The summed E-state index contributed by atoms with van der Waals surface area (Å²) in [6.45, 7) is 0. The SMILES string of the molecule is FC(F)(F)c1cc2cc-2c1C(F)(F)F.[B]. The summed E-state index contributed by atoms with van der Waals surface area (Å²) in [7, 11) is 0. The van der Waals surface area contributed by atoms with Crippen molar-refractivity contribution in [2.45, 2.75) is 12.4 Å². The average Bonchev–Trinajstić information content (AvgIpc) is 2.56. The lowest BCUT2D eigenvalue weighted by Crippen LogP contribution is -2.14. The zero-order valence-corrected chi connectivity index (χ0v) is 7.00. The second kappa shape index (κ2) is 2.93. The summed E-state index contributed by atoms with van der Waals surface area (Å²) in [4.78, 5) is 0. The summed E-state index contributed by atoms with van der Waals surface area (Å²) in [6, 6.07) is 1.61. The Bertz CT molecular complexity index is 403. The molecule has 0 aliphatic heterocycles. The van der Waals surface area contributed by atoms with Crippen molar-refractivity contribution >= 4 is 8.41 Å². The normalized spacial score (nSPS) is 13.5. The van der Waals surface area contributed by atoms with Crippen molar-refractivity contribution < 1.29 is 26.3 Å². The minimum Gasteiger partial charge on any atom is -0.166 e. The quantitative estimate of drug-likeness (QED) is 0.474. The highest BCUT2D eigenvalue weighted by molar-refractivity contribution is 5.87. The second-order valence-electron chi connectivity index (χ2n) is 2.94. The van der Waals surface area contributed by atoms with E-state index in [1.54, 1.807) is 0 Å². The molecule has 0 bridgehead atoms. The van der Waals surface area contributed by atoms with E-state index in [0.29, 0.717) is 6.07 Å². The molecular weight excluding hydrogens is 221 g/mol. The molecule has 0 aromatic rings. The molecule has 79 valence electrons. The van der Waals surface area contributed by atoms with Gasteiger partial charge in [0.05, 0.1) is 11.1 Å². The van der Waals surface area contributed by atoms with Gasteiger partial charge in [0.2, 0.25) is 0 Å². The van der Waals surface area contributed by atoms with Crippen LogP contribution in [0.4, 0.5) is 26.3 Å². The van der Waals surface area contributed by atoms with Gasteiger partial charge >= 0.3 is 12.4 Å². The Labute approximate surface area is 82.5 Å². The lowest BCUT2D eigenvalue weighted by molar-refractivity contribution is -0.161. The Hall–Kier alpha value is -1.14. The van der Waals surface area contributed by atoms with Gasteiger partial charge in [-0.2, -0.15) is 26.3 Å². The van der Waals surface area contributed by atoms with Crippen LogP contribution in [-0.2, 0) is 12.4 Å². The number of benzene rings is 1. The highest BCUT2D eigenvalue weighted by atomic mass is 19.4. The van der Waals surface area contributed by atoms with Gasteiger partial charge < -0.3 is 0 Å². The van der Waals surface area contributed by atoms with Crippen LogP contribution in [0.25, 0.3) is 11.1 Å². The van der Waals surface area contributed by atoms with Crippen molar-refractivity contribution in [1.29, 1.82) is 0 Å². The zero-order chi connectivity index (χ0) is 10.7. The average molecular weight is 223 g/mol. The van der Waals surface area contributed by atoms with Gasteiger partial charge in [-0.1, -0.05) is 0 Å². The van der Waals surface area contributed by atoms with Crippen molar-refractivity contribution in [1.82, 2.24) is 0 Å². The molecule has 3 radical (unpaired) electrons. The Morgan fingerprint density at radius 3 is 1.67 bits per heavy atom. The van der Waals surface area contributed by atoms with Gasteiger partial charge in [-0.05, 0) is 23.3 Å². The maximum Gasteiger partial charge on any atom is 0.417 e. The molecule has 0 saturated heterocycles. The van der Waals surface area contributed by atoms with Crippen LogP contribution < -0.4 is 0 Å². The van der Waals surface area contributed by atoms with E-state index >= 15 is 0 Å². The van der Waals surface area contributed by atoms with E-state index in [-0.39, 0.29) is 19.5 Å². The number of halogens is 6. The summed E-state index contributed by atoms with van der Waals surface area (Å²) >= 11 is 0. The first-order valence-electron chi connectivity index (χ1n) is 3.54. The molecule has 0 heterocycles. The molecule has 0 atom stereocenters. The fourth-order valence-electron chi connectivity index (χ4n) is 1.36. The largest absolute Gasteiger partial charge is 0.417 e. The summed E-state index contributed by atoms with van der Waals surface area (Å²) in [5.74, 6) is 0. The highest BCUT2D eigenvalue weighted by Gasteiger charge is 2.48. The van der Waals surface area contributed by atoms with Gasteiger partial charge in [0.15, 0.2) is 0 Å². The standard InChI is InChI=1S/C8H2F6.B/c9-7(10,11)5-2-3-1-4(3)6(5)8(12,13)14;/h1-2H;. The van der Waals surface area contributed by atoms with Gasteiger partial charge in [-0.25, -0.2) is 0 Å². The first kappa shape index (κ1) is 11.9. The van der Waals surface area contributed by atoms with Crippen LogP contribution in [0.5, 0.6) is 0 Å². The molecule has 2 aliphatic rings. The van der Waals surface area contributed by atoms with E-state index in [4.69, 9.17) is 0 Å². The molecule has 0 unspecified atom stereocenters. The van der Waals surface area contributed by atoms with Crippen molar-refractivity contribution in [3.8, 4) is 11.1 Å². The second-order valence-corrected chi connectivity index (χ2v) is 2.94. The third-order valence-corrected chi connectivity index (χ3v) is 1.95. The maximum atomic E-state index is 12.2. The molecule has 0 fully saturated rings. The van der Waals surface area contributed by atoms with E-state index in [1.807, 2.05) is 0 Å². The zero-order valence-electron chi connectivity index (χ0n) is 7.00. The Balaban J connectivity index is 0.00000112. The molecule has 0 nitrogen and oxygen atoms in total. The van der Waals surface area contributed by atoms with Crippen LogP contribution in [0.1, 0.15) is 11.1 Å². The van der Waals surface area contributed by atoms with Crippen molar-refractivity contribution in [3.05, 3.63) is 23.3 Å². The summed E-state index contributed by atoms with van der Waals surface area (Å²) in [5, 5.41) is 0. The minimum absolute atomic E-state index is 0. The van der Waals surface area contributed by atoms with Crippen LogP contribution in [0, 0.1) is 0 Å². The fourth-order valence-corrected chi connectivity index (χ4v) is 1.36. The lowest BCUT2D eigenvalue weighted by Gasteiger charge is -2.11. The van der Waals surface area contributed by atoms with Gasteiger partial charge in [-0.15, -0.1) is 0 Å². The predicted molar refractivity (Wildman–Crippen MR) is 41.2 cm³/mol. The van der Waals surface area contributed by atoms with Gasteiger partial charge in [0, 0.05) is 8.41 Å². The van der Waals surface area contributed by atoms with Crippen molar-refractivity contribution in [2.75, 3.05) is 0 Å². The summed E-state index contributed by atoms with van der Waals surface area (Å²) in [5.41, 5.74) is -3.44.